The molecule has 1 saturated heterocycles. The summed E-state index contributed by atoms with van der Waals surface area (Å²) in [7, 11) is 0. The van der Waals surface area contributed by atoms with E-state index in [1.165, 1.54) is 12.1 Å². The van der Waals surface area contributed by atoms with E-state index < -0.39 is 12.3 Å². The Balaban J connectivity index is 1.91. The van der Waals surface area contributed by atoms with E-state index in [9.17, 15) is 18.0 Å². The topological polar surface area (TPSA) is 53.0 Å². The number of likely N-dealkylation sites (tertiary alicyclic amines) is 1. The molecule has 0 aliphatic carbocycles. The molecular weight excluding hydrogens is 349 g/mol. The predicted molar refractivity (Wildman–Crippen MR) is 91.0 cm³/mol. The predicted octanol–water partition coefficient (Wildman–Crippen LogP) is 3.52. The molecule has 1 aliphatic heterocycles. The van der Waals surface area contributed by atoms with Gasteiger partial charge in [0.15, 0.2) is 0 Å². The van der Waals surface area contributed by atoms with Crippen LogP contribution in [-0.2, 0) is 4.79 Å². The van der Waals surface area contributed by atoms with Gasteiger partial charge >= 0.3 is 12.3 Å². The van der Waals surface area contributed by atoms with Crippen molar-refractivity contribution < 1.29 is 27.8 Å². The van der Waals surface area contributed by atoms with Gasteiger partial charge in [-0.15, -0.1) is 13.2 Å². The number of halogens is 3. The van der Waals surface area contributed by atoms with Crippen molar-refractivity contribution in [1.82, 2.24) is 9.80 Å². The molecule has 5 nitrogen and oxygen atoms in total. The van der Waals surface area contributed by atoms with E-state index in [-0.39, 0.29) is 24.4 Å². The van der Waals surface area contributed by atoms with E-state index in [4.69, 9.17) is 5.11 Å². The highest BCUT2D eigenvalue weighted by molar-refractivity contribution is 5.69. The van der Waals surface area contributed by atoms with Crippen LogP contribution in [0.3, 0.4) is 0 Å². The summed E-state index contributed by atoms with van der Waals surface area (Å²) in [5.74, 6) is -1.04. The van der Waals surface area contributed by atoms with Crippen molar-refractivity contribution >= 4 is 5.97 Å². The molecule has 26 heavy (non-hydrogen) atoms. The molecule has 0 radical (unpaired) electrons. The molecule has 0 bridgehead atoms. The zero-order chi connectivity index (χ0) is 19.3. The average molecular weight is 374 g/mol. The van der Waals surface area contributed by atoms with E-state index in [1.54, 1.807) is 12.1 Å². The van der Waals surface area contributed by atoms with Gasteiger partial charge in [-0.2, -0.15) is 0 Å². The van der Waals surface area contributed by atoms with Gasteiger partial charge in [0.1, 0.15) is 5.75 Å². The zero-order valence-electron chi connectivity index (χ0n) is 15.0. The third kappa shape index (κ3) is 5.88. The number of ether oxygens (including phenoxy) is 1. The molecule has 1 unspecified atom stereocenters. The van der Waals surface area contributed by atoms with Crippen LogP contribution >= 0.6 is 0 Å². The fraction of sp³-hybridized carbons (Fsp3) is 0.611. The summed E-state index contributed by atoms with van der Waals surface area (Å²) < 4.78 is 40.6. The molecule has 0 spiro atoms. The minimum absolute atomic E-state index is 0.0530. The number of carbonyl (C=O) groups is 1. The van der Waals surface area contributed by atoms with Crippen LogP contribution in [0.4, 0.5) is 13.2 Å². The standard InChI is InChI=1S/C18H25F3N2O3/c1-3-22(12-17(24)25)15-8-10-23(11-9-15)13(2)14-4-6-16(7-5-14)26-18(19,20)21/h4-7,13,15H,3,8-12H2,1-2H3,(H,24,25). The molecule has 1 aromatic rings. The maximum Gasteiger partial charge on any atom is 0.573 e. The molecule has 1 aromatic carbocycles. The normalized spacial score (nSPS) is 18.1. The van der Waals surface area contributed by atoms with Crippen molar-refractivity contribution in [2.24, 2.45) is 0 Å². The molecule has 0 aromatic heterocycles. The van der Waals surface area contributed by atoms with Crippen LogP contribution in [0, 0.1) is 0 Å². The Labute approximate surface area is 151 Å². The first-order valence-electron chi connectivity index (χ1n) is 8.75. The van der Waals surface area contributed by atoms with E-state index in [0.717, 1.165) is 31.5 Å². The Morgan fingerprint density at radius 3 is 2.35 bits per heavy atom. The first-order chi connectivity index (χ1) is 12.2. The molecule has 8 heteroatoms. The van der Waals surface area contributed by atoms with Gasteiger partial charge in [-0.1, -0.05) is 19.1 Å². The molecule has 0 amide bonds. The fourth-order valence-corrected chi connectivity index (χ4v) is 3.47. The number of likely N-dealkylation sites (N-methyl/N-ethyl adjacent to an activating group) is 1. The minimum atomic E-state index is -4.68. The first-order valence-corrected chi connectivity index (χ1v) is 8.75. The lowest BCUT2D eigenvalue weighted by Crippen LogP contribution is -2.47. The van der Waals surface area contributed by atoms with Crippen LogP contribution in [-0.4, -0.2) is 59.5 Å². The molecule has 0 saturated carbocycles. The first kappa shape index (κ1) is 20.5. The number of rotatable bonds is 7. The van der Waals surface area contributed by atoms with Crippen molar-refractivity contribution in [2.75, 3.05) is 26.2 Å². The maximum absolute atomic E-state index is 12.2. The summed E-state index contributed by atoms with van der Waals surface area (Å²) >= 11 is 0. The lowest BCUT2D eigenvalue weighted by Gasteiger charge is -2.40. The Hall–Kier alpha value is -1.80. The second-order valence-electron chi connectivity index (χ2n) is 6.52. The number of hydrogen-bond donors (Lipinski definition) is 1. The zero-order valence-corrected chi connectivity index (χ0v) is 15.0. The van der Waals surface area contributed by atoms with Crippen molar-refractivity contribution in [2.45, 2.75) is 45.1 Å². The Bertz CT molecular complexity index is 584. The quantitative estimate of drug-likeness (QED) is 0.792. The number of alkyl halides is 3. The molecule has 1 N–H and O–H groups in total. The smallest absolute Gasteiger partial charge is 0.480 e. The van der Waals surface area contributed by atoms with Gasteiger partial charge < -0.3 is 9.84 Å². The summed E-state index contributed by atoms with van der Waals surface area (Å²) in [4.78, 5) is 15.2. The van der Waals surface area contributed by atoms with Crippen LogP contribution in [0.1, 0.15) is 38.3 Å². The summed E-state index contributed by atoms with van der Waals surface area (Å²) in [6, 6.07) is 6.30. The van der Waals surface area contributed by atoms with Gasteiger partial charge in [-0.05, 0) is 44.0 Å². The molecule has 1 atom stereocenters. The third-order valence-electron chi connectivity index (χ3n) is 4.90. The van der Waals surface area contributed by atoms with Crippen LogP contribution in [0.5, 0.6) is 5.75 Å². The van der Waals surface area contributed by atoms with E-state index in [0.29, 0.717) is 6.54 Å². The Morgan fingerprint density at radius 1 is 1.31 bits per heavy atom. The summed E-state index contributed by atoms with van der Waals surface area (Å²) in [6.45, 7) is 6.38. The van der Waals surface area contributed by atoms with Crippen LogP contribution in [0.2, 0.25) is 0 Å². The Morgan fingerprint density at radius 2 is 1.88 bits per heavy atom. The highest BCUT2D eigenvalue weighted by Crippen LogP contribution is 2.29. The van der Waals surface area contributed by atoms with Crippen LogP contribution < -0.4 is 4.74 Å². The number of piperidine rings is 1. The van der Waals surface area contributed by atoms with Crippen molar-refractivity contribution in [1.29, 1.82) is 0 Å². The fourth-order valence-electron chi connectivity index (χ4n) is 3.47. The largest absolute Gasteiger partial charge is 0.573 e. The summed E-state index contributed by atoms with van der Waals surface area (Å²) in [6.07, 6.45) is -2.93. The maximum atomic E-state index is 12.2. The van der Waals surface area contributed by atoms with Crippen LogP contribution in [0.15, 0.2) is 24.3 Å². The Kier molecular flexibility index (Phi) is 6.88. The number of aliphatic carboxylic acids is 1. The van der Waals surface area contributed by atoms with E-state index in [1.807, 2.05) is 18.7 Å². The van der Waals surface area contributed by atoms with E-state index >= 15 is 0 Å². The van der Waals surface area contributed by atoms with Crippen molar-refractivity contribution in [3.63, 3.8) is 0 Å². The number of benzene rings is 1. The van der Waals surface area contributed by atoms with Gasteiger partial charge in [0.25, 0.3) is 0 Å². The summed E-state index contributed by atoms with van der Waals surface area (Å²) in [5.41, 5.74) is 0.927. The minimum Gasteiger partial charge on any atom is -0.480 e. The van der Waals surface area contributed by atoms with Crippen molar-refractivity contribution in [3.05, 3.63) is 29.8 Å². The molecule has 1 aliphatic rings. The lowest BCUT2D eigenvalue weighted by molar-refractivity contribution is -0.274. The van der Waals surface area contributed by atoms with Gasteiger partial charge in [0, 0.05) is 25.2 Å². The number of carboxylic acid groups (broad SMARTS) is 1. The lowest BCUT2D eigenvalue weighted by atomic mass is 9.99. The average Bonchev–Trinajstić information content (AvgIpc) is 2.58. The molecule has 2 rings (SSSR count). The number of nitrogens with zero attached hydrogens (tertiary/aromatic N) is 2. The molecule has 1 heterocycles. The number of carboxylic acids is 1. The summed E-state index contributed by atoms with van der Waals surface area (Å²) in [5, 5.41) is 8.99. The highest BCUT2D eigenvalue weighted by atomic mass is 19.4. The van der Waals surface area contributed by atoms with Gasteiger partial charge in [-0.25, -0.2) is 0 Å². The van der Waals surface area contributed by atoms with Gasteiger partial charge in [0.2, 0.25) is 0 Å². The van der Waals surface area contributed by atoms with E-state index in [2.05, 4.69) is 9.64 Å². The second-order valence-corrected chi connectivity index (χ2v) is 6.52. The molecule has 1 fully saturated rings. The van der Waals surface area contributed by atoms with Gasteiger partial charge in [0.05, 0.1) is 6.54 Å². The second kappa shape index (κ2) is 8.73. The monoisotopic (exact) mass is 374 g/mol. The number of hydrogen-bond acceptors (Lipinski definition) is 4. The van der Waals surface area contributed by atoms with Crippen LogP contribution in [0.25, 0.3) is 0 Å². The SMILES string of the molecule is CCN(CC(=O)O)C1CCN(C(C)c2ccc(OC(F)(F)F)cc2)CC1. The van der Waals surface area contributed by atoms with Gasteiger partial charge in [-0.3, -0.25) is 14.6 Å². The molecule has 146 valence electrons. The highest BCUT2D eigenvalue weighted by Gasteiger charge is 2.31. The third-order valence-corrected chi connectivity index (χ3v) is 4.90. The van der Waals surface area contributed by atoms with Crippen molar-refractivity contribution in [3.8, 4) is 5.75 Å². The molecular formula is C18H25F3N2O3.